The molecule has 0 bridgehead atoms. The van der Waals surface area contributed by atoms with Gasteiger partial charge in [-0.1, -0.05) is 48.5 Å². The lowest BCUT2D eigenvalue weighted by Crippen LogP contribution is -1.74. The highest BCUT2D eigenvalue weighted by Crippen LogP contribution is 2.21. The van der Waals surface area contributed by atoms with Crippen molar-refractivity contribution in [2.45, 2.75) is 0 Å². The number of nitriles is 1. The summed E-state index contributed by atoms with van der Waals surface area (Å²) < 4.78 is 5.51. The van der Waals surface area contributed by atoms with Crippen molar-refractivity contribution in [3.63, 3.8) is 0 Å². The van der Waals surface area contributed by atoms with Gasteiger partial charge in [0.1, 0.15) is 0 Å². The zero-order valence-corrected chi connectivity index (χ0v) is 8.72. The summed E-state index contributed by atoms with van der Waals surface area (Å²) in [5, 5.41) is 12.2. The SMILES string of the molecule is [2H]C#N.c1ccc2cc3ccccc3cc2c1. The minimum absolute atomic E-state index is 1.00. The summed E-state index contributed by atoms with van der Waals surface area (Å²) >= 11 is 0. The molecule has 0 aliphatic heterocycles. The van der Waals surface area contributed by atoms with Crippen LogP contribution in [0.15, 0.2) is 60.7 Å². The highest BCUT2D eigenvalue weighted by molar-refractivity contribution is 5.97. The predicted molar refractivity (Wildman–Crippen MR) is 68.1 cm³/mol. The van der Waals surface area contributed by atoms with Crippen molar-refractivity contribution < 1.29 is 1.37 Å². The highest BCUT2D eigenvalue weighted by atomic mass is 14.2. The van der Waals surface area contributed by atoms with Gasteiger partial charge in [0.25, 0.3) is 0 Å². The van der Waals surface area contributed by atoms with Gasteiger partial charge in [0.05, 0.1) is 0 Å². The van der Waals surface area contributed by atoms with Crippen LogP contribution in [0, 0.1) is 11.8 Å². The van der Waals surface area contributed by atoms with Crippen LogP contribution < -0.4 is 0 Å². The van der Waals surface area contributed by atoms with E-state index in [0.29, 0.717) is 0 Å². The van der Waals surface area contributed by atoms with Crippen LogP contribution in [0.25, 0.3) is 21.5 Å². The summed E-state index contributed by atoms with van der Waals surface area (Å²) in [5.74, 6) is 0. The van der Waals surface area contributed by atoms with Gasteiger partial charge >= 0.3 is 0 Å². The predicted octanol–water partition coefficient (Wildman–Crippen LogP) is 4.13. The molecule has 0 N–H and O–H groups in total. The Morgan fingerprint density at radius 3 is 1.25 bits per heavy atom. The molecule has 0 unspecified atom stereocenters. The average molecular weight is 206 g/mol. The number of rotatable bonds is 0. The lowest BCUT2D eigenvalue weighted by atomic mass is 10.0. The summed E-state index contributed by atoms with van der Waals surface area (Å²) in [7, 11) is 0. The van der Waals surface area contributed by atoms with Crippen LogP contribution in [0.4, 0.5) is 0 Å². The van der Waals surface area contributed by atoms with E-state index in [1.54, 1.807) is 0 Å². The molecule has 0 amide bonds. The van der Waals surface area contributed by atoms with E-state index < -0.39 is 0 Å². The van der Waals surface area contributed by atoms with E-state index in [4.69, 9.17) is 6.63 Å². The molecule has 1 heteroatoms. The Kier molecular flexibility index (Phi) is 2.49. The Bertz CT molecular complexity index is 578. The molecular weight excluding hydrogens is 194 g/mol. The van der Waals surface area contributed by atoms with Gasteiger partial charge in [-0.15, -0.1) is 0 Å². The molecule has 1 nitrogen and oxygen atoms in total. The minimum atomic E-state index is 1.00. The standard InChI is InChI=1S/C14H10.CHN/c1-2-6-12-10-14-8-4-3-7-13(14)9-11(12)5-1;1-2/h1-10H;1H/i;1D. The molecule has 0 heterocycles. The number of benzene rings is 3. The van der Waals surface area contributed by atoms with E-state index >= 15 is 0 Å². The molecule has 0 aliphatic carbocycles. The molecule has 3 rings (SSSR count). The summed E-state index contributed by atoms with van der Waals surface area (Å²) in [6.45, 7) is 1.00. The zero-order chi connectivity index (χ0) is 12.1. The number of hydrogen-bond donors (Lipinski definition) is 0. The third kappa shape index (κ3) is 1.74. The molecule has 76 valence electrons. The van der Waals surface area contributed by atoms with Crippen LogP contribution >= 0.6 is 0 Å². The van der Waals surface area contributed by atoms with E-state index in [0.717, 1.165) is 6.55 Å². The summed E-state index contributed by atoms with van der Waals surface area (Å²) in [6.07, 6.45) is 0. The Hall–Kier alpha value is -2.33. The van der Waals surface area contributed by atoms with E-state index in [2.05, 4.69) is 60.7 Å². The number of nitrogens with zero attached hydrogens (tertiary/aromatic N) is 1. The maximum absolute atomic E-state index is 6.99. The molecular formula is C15H11N. The van der Waals surface area contributed by atoms with Gasteiger partial charge in [0, 0.05) is 6.55 Å². The first-order valence-electron chi connectivity index (χ1n) is 5.53. The molecule has 3 aromatic carbocycles. The van der Waals surface area contributed by atoms with Crippen molar-refractivity contribution in [3.8, 4) is 6.55 Å². The maximum atomic E-state index is 6.99. The van der Waals surface area contributed by atoms with Gasteiger partial charge in [-0.2, -0.15) is 0 Å². The fraction of sp³-hybridized carbons (Fsp3) is 0. The second-order valence-corrected chi connectivity index (χ2v) is 3.55. The first-order valence-corrected chi connectivity index (χ1v) is 5.03. The van der Waals surface area contributed by atoms with Gasteiger partial charge in [0.15, 0.2) is 1.37 Å². The lowest BCUT2D eigenvalue weighted by Gasteiger charge is -2.00. The Morgan fingerprint density at radius 2 is 1.00 bits per heavy atom. The van der Waals surface area contributed by atoms with Crippen molar-refractivity contribution >= 4 is 21.5 Å². The quantitative estimate of drug-likeness (QED) is 0.507. The number of hydrogen-bond acceptors (Lipinski definition) is 1. The van der Waals surface area contributed by atoms with Crippen LogP contribution in [0.2, 0.25) is 0 Å². The van der Waals surface area contributed by atoms with Crippen LogP contribution in [0.1, 0.15) is 1.37 Å². The average Bonchev–Trinajstić information content (AvgIpc) is 2.37. The fourth-order valence-electron chi connectivity index (χ4n) is 1.88. The highest BCUT2D eigenvalue weighted by Gasteiger charge is 1.95. The van der Waals surface area contributed by atoms with E-state index in [1.807, 2.05) is 0 Å². The topological polar surface area (TPSA) is 23.8 Å². The second kappa shape index (κ2) is 4.46. The molecule has 0 radical (unpaired) electrons. The first kappa shape index (κ1) is 8.94. The van der Waals surface area contributed by atoms with Gasteiger partial charge in [0.2, 0.25) is 0 Å². The molecule has 0 saturated heterocycles. The fourth-order valence-corrected chi connectivity index (χ4v) is 1.88. The third-order valence-corrected chi connectivity index (χ3v) is 2.61. The molecule has 3 aromatic rings. The van der Waals surface area contributed by atoms with Crippen molar-refractivity contribution in [1.82, 2.24) is 0 Å². The maximum Gasteiger partial charge on any atom is 0.156 e. The second-order valence-electron chi connectivity index (χ2n) is 3.55. The van der Waals surface area contributed by atoms with Crippen LogP contribution in [-0.4, -0.2) is 0 Å². The van der Waals surface area contributed by atoms with Gasteiger partial charge in [-0.05, 0) is 33.7 Å². The van der Waals surface area contributed by atoms with Crippen LogP contribution in [-0.2, 0) is 0 Å². The summed E-state index contributed by atoms with van der Waals surface area (Å²) in [4.78, 5) is 0. The van der Waals surface area contributed by atoms with Crippen LogP contribution in [0.5, 0.6) is 0 Å². The molecule has 16 heavy (non-hydrogen) atoms. The van der Waals surface area contributed by atoms with Crippen molar-refractivity contribution in [2.75, 3.05) is 0 Å². The smallest absolute Gasteiger partial charge is 0.156 e. The molecule has 0 spiro atoms. The third-order valence-electron chi connectivity index (χ3n) is 2.61. The monoisotopic (exact) mass is 206 g/mol. The first-order chi connectivity index (χ1) is 8.35. The van der Waals surface area contributed by atoms with Gasteiger partial charge < -0.3 is 0 Å². The largest absolute Gasteiger partial charge is 0.202 e. The molecule has 0 atom stereocenters. The van der Waals surface area contributed by atoms with E-state index in [-0.39, 0.29) is 0 Å². The normalized spacial score (nSPS) is 10.1. The minimum Gasteiger partial charge on any atom is -0.202 e. The lowest BCUT2D eigenvalue weighted by molar-refractivity contribution is 1.58. The molecule has 0 fully saturated rings. The molecule has 0 aromatic heterocycles. The Morgan fingerprint density at radius 1 is 0.750 bits per heavy atom. The van der Waals surface area contributed by atoms with Gasteiger partial charge in [-0.3, -0.25) is 0 Å². The zero-order valence-electron chi connectivity index (χ0n) is 9.72. The Labute approximate surface area is 96.0 Å². The van der Waals surface area contributed by atoms with Gasteiger partial charge in [-0.25, -0.2) is 5.26 Å². The van der Waals surface area contributed by atoms with Crippen molar-refractivity contribution in [2.24, 2.45) is 0 Å². The molecule has 0 aliphatic rings. The summed E-state index contributed by atoms with van der Waals surface area (Å²) in [5.41, 5.74) is 0. The van der Waals surface area contributed by atoms with E-state index in [1.165, 1.54) is 21.5 Å². The number of fused-ring (bicyclic) bond motifs is 2. The Balaban J connectivity index is 0.000000329. The van der Waals surface area contributed by atoms with Crippen LogP contribution in [0.3, 0.4) is 0 Å². The summed E-state index contributed by atoms with van der Waals surface area (Å²) in [6, 6.07) is 21.4. The van der Waals surface area contributed by atoms with Crippen molar-refractivity contribution in [1.29, 1.82) is 5.26 Å². The molecule has 0 saturated carbocycles. The van der Waals surface area contributed by atoms with Crippen molar-refractivity contribution in [3.05, 3.63) is 60.7 Å². The van der Waals surface area contributed by atoms with E-state index in [9.17, 15) is 0 Å².